The zero-order valence-corrected chi connectivity index (χ0v) is 9.99. The number of nitrogens with zero attached hydrogens (tertiary/aromatic N) is 5. The highest BCUT2D eigenvalue weighted by Crippen LogP contribution is 2.25. The largest absolute Gasteiger partial charge is 0.333 e. The summed E-state index contributed by atoms with van der Waals surface area (Å²) in [5, 5.41) is 12.7. The van der Waals surface area contributed by atoms with Crippen molar-refractivity contribution in [2.45, 2.75) is 0 Å². The van der Waals surface area contributed by atoms with Gasteiger partial charge < -0.3 is 4.52 Å². The minimum atomic E-state index is -0.638. The molecule has 3 rings (SSSR count). The summed E-state index contributed by atoms with van der Waals surface area (Å²) in [6.45, 7) is 0. The fourth-order valence-corrected chi connectivity index (χ4v) is 1.65. The summed E-state index contributed by atoms with van der Waals surface area (Å²) in [6, 6.07) is 7.63. The molecule has 7 heteroatoms. The topological polar surface area (TPSA) is 88.5 Å². The molecular formula is C13H6FN5O. The van der Waals surface area contributed by atoms with Crippen LogP contribution in [-0.4, -0.2) is 20.1 Å². The number of benzene rings is 1. The third kappa shape index (κ3) is 1.99. The Morgan fingerprint density at radius 2 is 1.90 bits per heavy atom. The normalized spacial score (nSPS) is 10.2. The molecule has 0 spiro atoms. The third-order valence-corrected chi connectivity index (χ3v) is 2.55. The van der Waals surface area contributed by atoms with Crippen LogP contribution in [0.5, 0.6) is 0 Å². The molecule has 2 aromatic heterocycles. The smallest absolute Gasteiger partial charge is 0.259 e. The van der Waals surface area contributed by atoms with E-state index < -0.39 is 5.82 Å². The van der Waals surface area contributed by atoms with Gasteiger partial charge in [0.2, 0.25) is 11.6 Å². The molecule has 0 aliphatic heterocycles. The van der Waals surface area contributed by atoms with E-state index in [-0.39, 0.29) is 28.7 Å². The lowest BCUT2D eigenvalue weighted by atomic mass is 10.1. The molecule has 0 radical (unpaired) electrons. The molecule has 1 aromatic carbocycles. The molecule has 0 fully saturated rings. The molecule has 6 nitrogen and oxygen atoms in total. The number of halogens is 1. The molecular weight excluding hydrogens is 261 g/mol. The fraction of sp³-hybridized carbons (Fsp3) is 0. The molecule has 2 heterocycles. The lowest BCUT2D eigenvalue weighted by Gasteiger charge is -1.98. The molecule has 96 valence electrons. The Balaban J connectivity index is 2.08. The molecule has 0 bridgehead atoms. The second-order valence-electron chi connectivity index (χ2n) is 3.77. The van der Waals surface area contributed by atoms with Crippen molar-refractivity contribution in [2.24, 2.45) is 0 Å². The van der Waals surface area contributed by atoms with Gasteiger partial charge in [0, 0.05) is 12.4 Å². The maximum atomic E-state index is 13.5. The first-order valence-corrected chi connectivity index (χ1v) is 5.59. The molecule has 0 saturated carbocycles. The summed E-state index contributed by atoms with van der Waals surface area (Å²) < 4.78 is 18.6. The van der Waals surface area contributed by atoms with Crippen LogP contribution in [0.2, 0.25) is 0 Å². The monoisotopic (exact) mass is 267 g/mol. The molecule has 0 saturated heterocycles. The van der Waals surface area contributed by atoms with Gasteiger partial charge in [-0.2, -0.15) is 10.2 Å². The minimum Gasteiger partial charge on any atom is -0.333 e. The molecule has 20 heavy (non-hydrogen) atoms. The quantitative estimate of drug-likeness (QED) is 0.707. The lowest BCUT2D eigenvalue weighted by Crippen LogP contribution is -1.91. The molecule has 0 unspecified atom stereocenters. The summed E-state index contributed by atoms with van der Waals surface area (Å²) >= 11 is 0. The van der Waals surface area contributed by atoms with Crippen LogP contribution in [0.1, 0.15) is 5.56 Å². The molecule has 0 aliphatic carbocycles. The first kappa shape index (κ1) is 11.9. The summed E-state index contributed by atoms with van der Waals surface area (Å²) in [4.78, 5) is 12.0. The van der Waals surface area contributed by atoms with Crippen molar-refractivity contribution in [1.29, 1.82) is 5.26 Å². The van der Waals surface area contributed by atoms with Crippen LogP contribution in [0.3, 0.4) is 0 Å². The Hall–Kier alpha value is -3.14. The van der Waals surface area contributed by atoms with Gasteiger partial charge in [-0.3, -0.25) is 0 Å². The number of rotatable bonds is 2. The summed E-state index contributed by atoms with van der Waals surface area (Å²) in [7, 11) is 0. The van der Waals surface area contributed by atoms with Gasteiger partial charge >= 0.3 is 0 Å². The first-order valence-electron chi connectivity index (χ1n) is 5.59. The third-order valence-electron chi connectivity index (χ3n) is 2.55. The van der Waals surface area contributed by atoms with E-state index >= 15 is 0 Å². The van der Waals surface area contributed by atoms with E-state index in [4.69, 9.17) is 9.78 Å². The number of hydrogen-bond donors (Lipinski definition) is 0. The van der Waals surface area contributed by atoms with Crippen molar-refractivity contribution < 1.29 is 8.91 Å². The second kappa shape index (κ2) is 4.85. The van der Waals surface area contributed by atoms with Gasteiger partial charge in [0.1, 0.15) is 17.4 Å². The lowest BCUT2D eigenvalue weighted by molar-refractivity contribution is 0.431. The zero-order valence-electron chi connectivity index (χ0n) is 9.99. The van der Waals surface area contributed by atoms with Crippen molar-refractivity contribution >= 4 is 0 Å². The van der Waals surface area contributed by atoms with Crippen LogP contribution in [0.25, 0.3) is 23.1 Å². The van der Waals surface area contributed by atoms with Gasteiger partial charge in [-0.05, 0) is 18.2 Å². The number of nitriles is 1. The van der Waals surface area contributed by atoms with E-state index in [9.17, 15) is 4.39 Å². The van der Waals surface area contributed by atoms with Crippen LogP contribution >= 0.6 is 0 Å². The maximum Gasteiger partial charge on any atom is 0.259 e. The first-order chi connectivity index (χ1) is 9.79. The van der Waals surface area contributed by atoms with E-state index in [1.165, 1.54) is 18.2 Å². The van der Waals surface area contributed by atoms with Crippen molar-refractivity contribution in [2.75, 3.05) is 0 Å². The van der Waals surface area contributed by atoms with Crippen LogP contribution in [-0.2, 0) is 0 Å². The molecule has 0 aliphatic rings. The molecule has 3 aromatic rings. The Morgan fingerprint density at radius 1 is 1.10 bits per heavy atom. The molecule has 0 amide bonds. The average molecular weight is 267 g/mol. The highest BCUT2D eigenvalue weighted by atomic mass is 19.1. The molecule has 0 N–H and O–H groups in total. The number of aromatic nitrogens is 4. The average Bonchev–Trinajstić information content (AvgIpc) is 2.97. The van der Waals surface area contributed by atoms with E-state index in [0.717, 1.165) is 0 Å². The van der Waals surface area contributed by atoms with E-state index in [1.807, 2.05) is 0 Å². The Kier molecular flexibility index (Phi) is 2.89. The Bertz CT molecular complexity index is 794. The van der Waals surface area contributed by atoms with Crippen LogP contribution in [0.15, 0.2) is 41.2 Å². The maximum absolute atomic E-state index is 13.5. The van der Waals surface area contributed by atoms with Crippen LogP contribution < -0.4 is 0 Å². The predicted molar refractivity (Wildman–Crippen MR) is 65.4 cm³/mol. The van der Waals surface area contributed by atoms with E-state index in [1.54, 1.807) is 24.5 Å². The van der Waals surface area contributed by atoms with Gasteiger partial charge in [0.25, 0.3) is 5.89 Å². The van der Waals surface area contributed by atoms with E-state index in [2.05, 4.69) is 20.1 Å². The van der Waals surface area contributed by atoms with Gasteiger partial charge in [-0.25, -0.2) is 14.4 Å². The molecule has 0 atom stereocenters. The van der Waals surface area contributed by atoms with Gasteiger partial charge in [0.05, 0.1) is 5.56 Å². The van der Waals surface area contributed by atoms with Crippen molar-refractivity contribution in [3.8, 4) is 29.2 Å². The fourth-order valence-electron chi connectivity index (χ4n) is 1.65. The standard InChI is InChI=1S/C13H6FN5O/c14-10-4-1-3-8(9(10)7-15)13-18-12(19-20-13)11-16-5-2-6-17-11/h1-6H. The van der Waals surface area contributed by atoms with E-state index in [0.29, 0.717) is 0 Å². The van der Waals surface area contributed by atoms with Crippen LogP contribution in [0.4, 0.5) is 4.39 Å². The highest BCUT2D eigenvalue weighted by Gasteiger charge is 2.17. The summed E-state index contributed by atoms with van der Waals surface area (Å²) in [5.41, 5.74) is 0.0962. The van der Waals surface area contributed by atoms with Crippen molar-refractivity contribution in [3.63, 3.8) is 0 Å². The zero-order chi connectivity index (χ0) is 13.9. The SMILES string of the molecule is N#Cc1c(F)cccc1-c1nc(-c2ncccn2)no1. The van der Waals surface area contributed by atoms with Crippen LogP contribution in [0, 0.1) is 17.1 Å². The van der Waals surface area contributed by atoms with Crippen molar-refractivity contribution in [1.82, 2.24) is 20.1 Å². The van der Waals surface area contributed by atoms with Gasteiger partial charge in [-0.1, -0.05) is 11.2 Å². The highest BCUT2D eigenvalue weighted by molar-refractivity contribution is 5.64. The van der Waals surface area contributed by atoms with Gasteiger partial charge in [0.15, 0.2) is 0 Å². The summed E-state index contributed by atoms with van der Waals surface area (Å²) in [6.07, 6.45) is 3.09. The minimum absolute atomic E-state index is 0.0449. The number of hydrogen-bond acceptors (Lipinski definition) is 6. The van der Waals surface area contributed by atoms with Crippen molar-refractivity contribution in [3.05, 3.63) is 48.0 Å². The Morgan fingerprint density at radius 3 is 2.65 bits per heavy atom. The summed E-state index contributed by atoms with van der Waals surface area (Å²) in [5.74, 6) is -0.129. The predicted octanol–water partition coefficient (Wildman–Crippen LogP) is 2.20. The second-order valence-corrected chi connectivity index (χ2v) is 3.77. The Labute approximate surface area is 112 Å². The van der Waals surface area contributed by atoms with Gasteiger partial charge in [-0.15, -0.1) is 0 Å².